The van der Waals surface area contributed by atoms with Gasteiger partial charge in [0.05, 0.1) is 6.42 Å². The molecule has 0 aliphatic carbocycles. The Hall–Kier alpha value is -2.24. The highest BCUT2D eigenvalue weighted by Crippen LogP contribution is 2.32. The summed E-state index contributed by atoms with van der Waals surface area (Å²) in [6, 6.07) is 4.70. The van der Waals surface area contributed by atoms with Crippen LogP contribution in [0.15, 0.2) is 18.2 Å². The first kappa shape index (κ1) is 15.2. The van der Waals surface area contributed by atoms with E-state index in [0.717, 1.165) is 12.0 Å². The third kappa shape index (κ3) is 3.65. The predicted molar refractivity (Wildman–Crippen MR) is 76.8 cm³/mol. The molecular weight excluding hydrogens is 272 g/mol. The number of fused-ring (bicyclic) bond motifs is 1. The largest absolute Gasteiger partial charge is 0.454 e. The molecule has 114 valence electrons. The van der Waals surface area contributed by atoms with Gasteiger partial charge in [0.1, 0.15) is 6.04 Å². The molecule has 6 nitrogen and oxygen atoms in total. The van der Waals surface area contributed by atoms with E-state index in [-0.39, 0.29) is 25.0 Å². The van der Waals surface area contributed by atoms with Gasteiger partial charge in [-0.15, -0.1) is 0 Å². The molecule has 0 saturated heterocycles. The second kappa shape index (κ2) is 6.47. The van der Waals surface area contributed by atoms with Gasteiger partial charge in [-0.25, -0.2) is 0 Å². The third-order valence-electron chi connectivity index (χ3n) is 3.64. The lowest BCUT2D eigenvalue weighted by molar-refractivity contribution is -0.128. The Morgan fingerprint density at radius 1 is 1.33 bits per heavy atom. The normalized spacial score (nSPS) is 15.3. The van der Waals surface area contributed by atoms with Crippen molar-refractivity contribution in [1.82, 2.24) is 5.32 Å². The molecule has 1 unspecified atom stereocenters. The molecule has 0 spiro atoms. The minimum atomic E-state index is -0.642. The van der Waals surface area contributed by atoms with Gasteiger partial charge in [-0.1, -0.05) is 26.3 Å². The Morgan fingerprint density at radius 2 is 2.05 bits per heavy atom. The molecule has 1 aliphatic rings. The van der Waals surface area contributed by atoms with Crippen LogP contribution in [0.25, 0.3) is 0 Å². The highest BCUT2D eigenvalue weighted by Gasteiger charge is 2.23. The fraction of sp³-hybridized carbons (Fsp3) is 0.467. The molecule has 1 aromatic rings. The Bertz CT molecular complexity index is 544. The lowest BCUT2D eigenvalue weighted by Gasteiger charge is -2.21. The van der Waals surface area contributed by atoms with Crippen molar-refractivity contribution in [2.75, 3.05) is 6.79 Å². The molecule has 2 amide bonds. The average Bonchev–Trinajstić information content (AvgIpc) is 2.91. The van der Waals surface area contributed by atoms with Crippen LogP contribution in [0.3, 0.4) is 0 Å². The lowest BCUT2D eigenvalue weighted by Crippen LogP contribution is -2.48. The Kier molecular flexibility index (Phi) is 4.67. The van der Waals surface area contributed by atoms with Crippen LogP contribution in [0.1, 0.15) is 25.8 Å². The molecule has 0 radical (unpaired) electrons. The molecule has 3 N–H and O–H groups in total. The van der Waals surface area contributed by atoms with Crippen LogP contribution in [0.5, 0.6) is 11.5 Å². The zero-order valence-corrected chi connectivity index (χ0v) is 12.2. The fourth-order valence-electron chi connectivity index (χ4n) is 2.19. The number of ether oxygens (including phenoxy) is 2. The van der Waals surface area contributed by atoms with Gasteiger partial charge in [-0.05, 0) is 23.6 Å². The van der Waals surface area contributed by atoms with E-state index in [4.69, 9.17) is 15.2 Å². The highest BCUT2D eigenvalue weighted by atomic mass is 16.7. The smallest absolute Gasteiger partial charge is 0.240 e. The summed E-state index contributed by atoms with van der Waals surface area (Å²) in [5.74, 6) is 0.562. The van der Waals surface area contributed by atoms with Crippen molar-refractivity contribution in [2.45, 2.75) is 32.7 Å². The van der Waals surface area contributed by atoms with E-state index in [9.17, 15) is 9.59 Å². The van der Waals surface area contributed by atoms with Gasteiger partial charge in [0, 0.05) is 0 Å². The molecule has 2 rings (SSSR count). The van der Waals surface area contributed by atoms with E-state index in [1.165, 1.54) is 0 Å². The van der Waals surface area contributed by atoms with Crippen LogP contribution in [0, 0.1) is 5.92 Å². The number of primary amides is 1. The number of carbonyl (C=O) groups excluding carboxylic acids is 2. The molecule has 1 aromatic carbocycles. The number of nitrogens with two attached hydrogens (primary N) is 1. The number of hydrogen-bond acceptors (Lipinski definition) is 4. The minimum absolute atomic E-state index is 0.00297. The molecule has 2 atom stereocenters. The van der Waals surface area contributed by atoms with Gasteiger partial charge in [-0.3, -0.25) is 9.59 Å². The van der Waals surface area contributed by atoms with E-state index in [2.05, 4.69) is 5.32 Å². The number of carbonyl (C=O) groups is 2. The van der Waals surface area contributed by atoms with Gasteiger partial charge in [0.15, 0.2) is 11.5 Å². The maximum absolute atomic E-state index is 12.1. The second-order valence-corrected chi connectivity index (χ2v) is 5.20. The highest BCUT2D eigenvalue weighted by molar-refractivity contribution is 5.87. The van der Waals surface area contributed by atoms with Crippen molar-refractivity contribution < 1.29 is 19.1 Å². The maximum Gasteiger partial charge on any atom is 0.240 e. The quantitative estimate of drug-likeness (QED) is 0.817. The number of nitrogens with one attached hydrogen (secondary N) is 1. The van der Waals surface area contributed by atoms with E-state index in [1.807, 2.05) is 13.8 Å². The van der Waals surface area contributed by atoms with Crippen molar-refractivity contribution in [2.24, 2.45) is 11.7 Å². The Balaban J connectivity index is 1.99. The SMILES string of the molecule is CCC(C)[C@H](NC(=O)Cc1ccc2c(c1)OCO2)C(N)=O. The summed E-state index contributed by atoms with van der Waals surface area (Å²) in [5.41, 5.74) is 6.13. The Morgan fingerprint density at radius 3 is 2.71 bits per heavy atom. The van der Waals surface area contributed by atoms with Crippen LogP contribution in [0.4, 0.5) is 0 Å². The molecule has 0 aromatic heterocycles. The first-order chi connectivity index (χ1) is 10.0. The lowest BCUT2D eigenvalue weighted by atomic mass is 9.98. The molecular formula is C15H20N2O4. The standard InChI is InChI=1S/C15H20N2O4/c1-3-9(2)14(15(16)19)17-13(18)7-10-4-5-11-12(6-10)21-8-20-11/h4-6,9,14H,3,7-8H2,1-2H3,(H2,16,19)(H,17,18)/t9?,14-/m0/s1. The molecule has 6 heteroatoms. The van der Waals surface area contributed by atoms with Crippen LogP contribution in [-0.4, -0.2) is 24.6 Å². The summed E-state index contributed by atoms with van der Waals surface area (Å²) < 4.78 is 10.5. The van der Waals surface area contributed by atoms with Gasteiger partial charge >= 0.3 is 0 Å². The van der Waals surface area contributed by atoms with Gasteiger partial charge in [0.2, 0.25) is 18.6 Å². The van der Waals surface area contributed by atoms with Crippen molar-refractivity contribution in [3.8, 4) is 11.5 Å². The van der Waals surface area contributed by atoms with Gasteiger partial charge in [0.25, 0.3) is 0 Å². The monoisotopic (exact) mass is 292 g/mol. The van der Waals surface area contributed by atoms with E-state index in [1.54, 1.807) is 18.2 Å². The molecule has 0 bridgehead atoms. The van der Waals surface area contributed by atoms with Crippen LogP contribution >= 0.6 is 0 Å². The van der Waals surface area contributed by atoms with Crippen molar-refractivity contribution in [1.29, 1.82) is 0 Å². The first-order valence-corrected chi connectivity index (χ1v) is 6.98. The summed E-state index contributed by atoms with van der Waals surface area (Å²) in [5, 5.41) is 2.70. The van der Waals surface area contributed by atoms with Gasteiger partial charge in [-0.2, -0.15) is 0 Å². The first-order valence-electron chi connectivity index (χ1n) is 6.98. The summed E-state index contributed by atoms with van der Waals surface area (Å²) >= 11 is 0. The maximum atomic E-state index is 12.1. The summed E-state index contributed by atoms with van der Waals surface area (Å²) in [4.78, 5) is 23.5. The summed E-state index contributed by atoms with van der Waals surface area (Å²) in [6.07, 6.45) is 0.925. The van der Waals surface area contributed by atoms with Gasteiger partial charge < -0.3 is 20.5 Å². The molecule has 1 heterocycles. The number of hydrogen-bond donors (Lipinski definition) is 2. The van der Waals surface area contributed by atoms with Crippen molar-refractivity contribution >= 4 is 11.8 Å². The molecule has 1 aliphatic heterocycles. The summed E-state index contributed by atoms with van der Waals surface area (Å²) in [7, 11) is 0. The summed E-state index contributed by atoms with van der Waals surface area (Å²) in [6.45, 7) is 4.03. The second-order valence-electron chi connectivity index (χ2n) is 5.20. The van der Waals surface area contributed by atoms with Crippen LogP contribution in [0.2, 0.25) is 0 Å². The van der Waals surface area contributed by atoms with Crippen molar-refractivity contribution in [3.63, 3.8) is 0 Å². The zero-order chi connectivity index (χ0) is 15.4. The Labute approximate surface area is 123 Å². The minimum Gasteiger partial charge on any atom is -0.454 e. The molecule has 21 heavy (non-hydrogen) atoms. The van der Waals surface area contributed by atoms with E-state index < -0.39 is 11.9 Å². The topological polar surface area (TPSA) is 90.7 Å². The fourth-order valence-corrected chi connectivity index (χ4v) is 2.19. The zero-order valence-electron chi connectivity index (χ0n) is 12.2. The van der Waals surface area contributed by atoms with Crippen molar-refractivity contribution in [3.05, 3.63) is 23.8 Å². The van der Waals surface area contributed by atoms with Crippen LogP contribution in [-0.2, 0) is 16.0 Å². The number of amides is 2. The van der Waals surface area contributed by atoms with E-state index >= 15 is 0 Å². The third-order valence-corrected chi connectivity index (χ3v) is 3.64. The number of rotatable bonds is 6. The number of benzene rings is 1. The molecule has 0 saturated carbocycles. The van der Waals surface area contributed by atoms with Crippen LogP contribution < -0.4 is 20.5 Å². The average molecular weight is 292 g/mol. The predicted octanol–water partition coefficient (Wildman–Crippen LogP) is 0.974. The van der Waals surface area contributed by atoms with E-state index in [0.29, 0.717) is 11.5 Å². The molecule has 0 fully saturated rings.